The Hall–Kier alpha value is -1.98. The molecule has 0 spiro atoms. The maximum absolute atomic E-state index is 12.8. The van der Waals surface area contributed by atoms with Gasteiger partial charge in [-0.15, -0.1) is 11.3 Å². The summed E-state index contributed by atoms with van der Waals surface area (Å²) in [6.45, 7) is 1.88. The van der Waals surface area contributed by atoms with Crippen molar-refractivity contribution < 1.29 is 14.4 Å². The molecule has 3 rings (SSSR count). The highest BCUT2D eigenvalue weighted by Gasteiger charge is 2.44. The minimum absolute atomic E-state index is 0.176. The van der Waals surface area contributed by atoms with Crippen LogP contribution in [-0.2, 0) is 20.8 Å². The molecule has 1 aromatic carbocycles. The van der Waals surface area contributed by atoms with Crippen LogP contribution >= 0.6 is 22.9 Å². The third-order valence-electron chi connectivity index (χ3n) is 3.97. The molecule has 24 heavy (non-hydrogen) atoms. The van der Waals surface area contributed by atoms with E-state index in [1.165, 1.54) is 11.3 Å². The Morgan fingerprint density at radius 2 is 2.08 bits per heavy atom. The zero-order chi connectivity index (χ0) is 17.3. The van der Waals surface area contributed by atoms with E-state index in [1.807, 2.05) is 24.4 Å². The fourth-order valence-electron chi connectivity index (χ4n) is 2.92. The van der Waals surface area contributed by atoms with Gasteiger partial charge >= 0.3 is 0 Å². The first-order valence-electron chi connectivity index (χ1n) is 7.74. The van der Waals surface area contributed by atoms with Gasteiger partial charge in [-0.2, -0.15) is 0 Å². The molecule has 1 aliphatic rings. The van der Waals surface area contributed by atoms with Crippen LogP contribution in [0.5, 0.6) is 0 Å². The quantitative estimate of drug-likeness (QED) is 0.757. The van der Waals surface area contributed by atoms with Crippen molar-refractivity contribution in [1.29, 1.82) is 0 Å². The van der Waals surface area contributed by atoms with E-state index in [9.17, 15) is 14.4 Å². The van der Waals surface area contributed by atoms with E-state index in [2.05, 4.69) is 0 Å². The Morgan fingerprint density at radius 3 is 2.75 bits per heavy atom. The number of fused-ring (bicyclic) bond motifs is 1. The second-order valence-electron chi connectivity index (χ2n) is 5.68. The van der Waals surface area contributed by atoms with E-state index in [1.54, 1.807) is 18.2 Å². The first kappa shape index (κ1) is 16.9. The van der Waals surface area contributed by atoms with E-state index in [0.717, 1.165) is 9.78 Å². The number of carbonyl (C=O) groups excluding carboxylic acids is 3. The molecule has 124 valence electrons. The third-order valence-corrected chi connectivity index (χ3v) is 5.08. The fraction of sp³-hybridized carbons (Fsp3) is 0.278. The molecule has 1 unspecified atom stereocenters. The summed E-state index contributed by atoms with van der Waals surface area (Å²) in [4.78, 5) is 39.9. The van der Waals surface area contributed by atoms with Gasteiger partial charge in [-0.25, -0.2) is 4.90 Å². The number of anilines is 1. The van der Waals surface area contributed by atoms with Crippen LogP contribution in [0.1, 0.15) is 36.1 Å². The zero-order valence-corrected chi connectivity index (χ0v) is 14.7. The molecule has 1 aliphatic heterocycles. The van der Waals surface area contributed by atoms with Crippen LogP contribution in [0.2, 0.25) is 5.02 Å². The molecule has 0 saturated heterocycles. The molecule has 0 fully saturated rings. The molecule has 0 bridgehead atoms. The number of hydrogen-bond acceptors (Lipinski definition) is 4. The lowest BCUT2D eigenvalue weighted by Gasteiger charge is -2.15. The summed E-state index contributed by atoms with van der Waals surface area (Å²) >= 11 is 7.52. The lowest BCUT2D eigenvalue weighted by atomic mass is 9.94. The molecule has 0 aliphatic carbocycles. The number of carbonyl (C=O) groups is 3. The van der Waals surface area contributed by atoms with Crippen molar-refractivity contribution in [2.24, 2.45) is 0 Å². The van der Waals surface area contributed by atoms with E-state index < -0.39 is 11.8 Å². The molecule has 2 heterocycles. The zero-order valence-electron chi connectivity index (χ0n) is 13.1. The lowest BCUT2D eigenvalue weighted by Crippen LogP contribution is -2.36. The Bertz CT molecular complexity index is 801. The summed E-state index contributed by atoms with van der Waals surface area (Å²) in [6.07, 6.45) is 1.08. The maximum atomic E-state index is 12.8. The second kappa shape index (κ2) is 6.87. The fourth-order valence-corrected chi connectivity index (χ4v) is 3.82. The number of imide groups is 1. The topological polar surface area (TPSA) is 54.5 Å². The summed E-state index contributed by atoms with van der Waals surface area (Å²) in [6, 6.07) is 8.62. The van der Waals surface area contributed by atoms with Gasteiger partial charge in [0.05, 0.1) is 5.69 Å². The Labute approximate surface area is 149 Å². The van der Waals surface area contributed by atoms with E-state index >= 15 is 0 Å². The van der Waals surface area contributed by atoms with Gasteiger partial charge in [0.15, 0.2) is 5.78 Å². The highest BCUT2D eigenvalue weighted by molar-refractivity contribution is 7.10. The molecular weight excluding hydrogens is 346 g/mol. The average molecular weight is 362 g/mol. The van der Waals surface area contributed by atoms with Crippen molar-refractivity contribution in [1.82, 2.24) is 0 Å². The van der Waals surface area contributed by atoms with Gasteiger partial charge in [-0.05, 0) is 41.6 Å². The van der Waals surface area contributed by atoms with Crippen LogP contribution in [0.25, 0.3) is 0 Å². The van der Waals surface area contributed by atoms with Gasteiger partial charge in [-0.1, -0.05) is 24.6 Å². The summed E-state index contributed by atoms with van der Waals surface area (Å²) in [7, 11) is 0. The van der Waals surface area contributed by atoms with Crippen LogP contribution in [0.15, 0.2) is 35.7 Å². The van der Waals surface area contributed by atoms with Gasteiger partial charge in [0.1, 0.15) is 5.92 Å². The van der Waals surface area contributed by atoms with Gasteiger partial charge in [0, 0.05) is 22.7 Å². The number of Topliss-reactive ketones (excluding diaryl/α,β-unsaturated/α-hetero) is 1. The number of nitrogens with zero attached hydrogens (tertiary/aromatic N) is 1. The molecular formula is C18H16ClNO3S. The van der Waals surface area contributed by atoms with Crippen molar-refractivity contribution >= 4 is 46.2 Å². The molecule has 2 aromatic rings. The van der Waals surface area contributed by atoms with Gasteiger partial charge in [-0.3, -0.25) is 14.4 Å². The minimum Gasteiger partial charge on any atom is -0.298 e. The number of thiophene rings is 1. The van der Waals surface area contributed by atoms with Crippen LogP contribution in [-0.4, -0.2) is 17.6 Å². The largest absolute Gasteiger partial charge is 0.298 e. The number of ketones is 1. The van der Waals surface area contributed by atoms with Gasteiger partial charge < -0.3 is 0 Å². The van der Waals surface area contributed by atoms with E-state index in [4.69, 9.17) is 11.6 Å². The van der Waals surface area contributed by atoms with Crippen LogP contribution < -0.4 is 4.90 Å². The summed E-state index contributed by atoms with van der Waals surface area (Å²) in [5.41, 5.74) is 1.01. The second-order valence-corrected chi connectivity index (χ2v) is 7.14. The number of benzene rings is 1. The summed E-state index contributed by atoms with van der Waals surface area (Å²) in [5, 5.41) is 2.33. The van der Waals surface area contributed by atoms with Crippen molar-refractivity contribution in [3.8, 4) is 0 Å². The first-order valence-corrected chi connectivity index (χ1v) is 9.00. The van der Waals surface area contributed by atoms with Crippen LogP contribution in [0, 0.1) is 0 Å². The number of amides is 2. The average Bonchev–Trinajstić information content (AvgIpc) is 3.12. The Balaban J connectivity index is 1.98. The van der Waals surface area contributed by atoms with E-state index in [0.29, 0.717) is 22.7 Å². The summed E-state index contributed by atoms with van der Waals surface area (Å²) < 4.78 is 0. The molecule has 0 saturated carbocycles. The van der Waals surface area contributed by atoms with Crippen molar-refractivity contribution in [3.63, 3.8) is 0 Å². The smallest absolute Gasteiger partial charge is 0.248 e. The Kier molecular flexibility index (Phi) is 4.83. The monoisotopic (exact) mass is 361 g/mol. The highest BCUT2D eigenvalue weighted by atomic mass is 35.5. The summed E-state index contributed by atoms with van der Waals surface area (Å²) in [5.74, 6) is -1.91. The number of rotatable bonds is 5. The molecule has 6 heteroatoms. The van der Waals surface area contributed by atoms with Gasteiger partial charge in [0.2, 0.25) is 11.8 Å². The Morgan fingerprint density at radius 1 is 1.29 bits per heavy atom. The standard InChI is InChI=1S/C18H16ClNO3S/c1-2-4-16(22)20-14-7-6-11(19)9-13(14)17(18(20)23)15(21)10-12-5-3-8-24-12/h3,5-9,17H,2,4,10H2,1H3. The van der Waals surface area contributed by atoms with Crippen molar-refractivity contribution in [2.75, 3.05) is 4.90 Å². The van der Waals surface area contributed by atoms with Gasteiger partial charge in [0.25, 0.3) is 0 Å². The molecule has 2 amide bonds. The predicted octanol–water partition coefficient (Wildman–Crippen LogP) is 3.97. The first-order chi connectivity index (χ1) is 11.5. The third kappa shape index (κ3) is 3.01. The molecule has 4 nitrogen and oxygen atoms in total. The van der Waals surface area contributed by atoms with E-state index in [-0.39, 0.29) is 24.5 Å². The number of halogens is 1. The van der Waals surface area contributed by atoms with Crippen molar-refractivity contribution in [2.45, 2.75) is 32.1 Å². The van der Waals surface area contributed by atoms with Crippen LogP contribution in [0.4, 0.5) is 5.69 Å². The molecule has 1 atom stereocenters. The van der Waals surface area contributed by atoms with Crippen molar-refractivity contribution in [3.05, 3.63) is 51.2 Å². The number of hydrogen-bond donors (Lipinski definition) is 0. The normalized spacial score (nSPS) is 16.3. The lowest BCUT2D eigenvalue weighted by molar-refractivity contribution is -0.130. The minimum atomic E-state index is -0.957. The van der Waals surface area contributed by atoms with Crippen LogP contribution in [0.3, 0.4) is 0 Å². The maximum Gasteiger partial charge on any atom is 0.248 e. The molecule has 1 aromatic heterocycles. The SMILES string of the molecule is CCCC(=O)N1C(=O)C(C(=O)Cc2cccs2)c2cc(Cl)ccc21. The molecule has 0 N–H and O–H groups in total. The predicted molar refractivity (Wildman–Crippen MR) is 94.6 cm³/mol. The highest BCUT2D eigenvalue weighted by Crippen LogP contribution is 2.40. The molecule has 0 radical (unpaired) electrons.